The minimum Gasteiger partial charge on any atom is -0.470 e. The second kappa shape index (κ2) is 7.43. The Morgan fingerprint density at radius 1 is 1.39 bits per heavy atom. The van der Waals surface area contributed by atoms with Gasteiger partial charge in [0.1, 0.15) is 11.6 Å². The van der Waals surface area contributed by atoms with Crippen LogP contribution in [0.25, 0.3) is 16.8 Å². The summed E-state index contributed by atoms with van der Waals surface area (Å²) in [6.07, 6.45) is 8.90. The largest absolute Gasteiger partial charge is 0.470 e. The molecule has 0 radical (unpaired) electrons. The Morgan fingerprint density at radius 2 is 2.25 bits per heavy atom. The fraction of sp³-hybridized carbons (Fsp3) is 0.368. The molecule has 9 nitrogen and oxygen atoms in total. The standard InChI is InChI=1S/C19H22N6O3/c1-4-18(26)24(3)14-7-15(12-27-11-14)28-19-17-5-6-20-25(17)10-16(22-19)13-8-21-23(2)9-13/h4-6,8-10,14-15H,1,7,11-12H2,2-3H3/t14-,15-/m1/s1. The molecule has 1 amide bonds. The third kappa shape index (κ3) is 3.48. The molecule has 1 saturated heterocycles. The van der Waals surface area contributed by atoms with Gasteiger partial charge in [-0.05, 0) is 12.1 Å². The van der Waals surface area contributed by atoms with Crippen LogP contribution < -0.4 is 4.74 Å². The monoisotopic (exact) mass is 382 g/mol. The first-order valence-corrected chi connectivity index (χ1v) is 9.02. The maximum atomic E-state index is 11.9. The van der Waals surface area contributed by atoms with Crippen molar-refractivity contribution in [3.63, 3.8) is 0 Å². The summed E-state index contributed by atoms with van der Waals surface area (Å²) < 4.78 is 15.3. The van der Waals surface area contributed by atoms with Crippen LogP contribution >= 0.6 is 0 Å². The van der Waals surface area contributed by atoms with Crippen LogP contribution in [0.2, 0.25) is 0 Å². The van der Waals surface area contributed by atoms with E-state index in [4.69, 9.17) is 9.47 Å². The minimum atomic E-state index is -0.228. The molecule has 3 aromatic rings. The van der Waals surface area contributed by atoms with Gasteiger partial charge in [0.2, 0.25) is 11.8 Å². The molecule has 0 spiro atoms. The van der Waals surface area contributed by atoms with Gasteiger partial charge in [-0.3, -0.25) is 9.48 Å². The predicted molar refractivity (Wildman–Crippen MR) is 102 cm³/mol. The lowest BCUT2D eigenvalue weighted by molar-refractivity contribution is -0.131. The van der Waals surface area contributed by atoms with Crippen LogP contribution in [0, 0.1) is 0 Å². The zero-order chi connectivity index (χ0) is 19.7. The molecule has 2 atom stereocenters. The van der Waals surface area contributed by atoms with Gasteiger partial charge in [-0.1, -0.05) is 6.58 Å². The van der Waals surface area contributed by atoms with Crippen LogP contribution in [0.5, 0.6) is 5.88 Å². The van der Waals surface area contributed by atoms with Gasteiger partial charge in [0, 0.05) is 32.3 Å². The van der Waals surface area contributed by atoms with Crippen LogP contribution in [0.15, 0.2) is 43.5 Å². The summed E-state index contributed by atoms with van der Waals surface area (Å²) in [6.45, 7) is 4.45. The molecule has 9 heteroatoms. The summed E-state index contributed by atoms with van der Waals surface area (Å²) in [5, 5.41) is 8.52. The zero-order valence-corrected chi connectivity index (χ0v) is 15.9. The van der Waals surface area contributed by atoms with E-state index < -0.39 is 0 Å². The first-order chi connectivity index (χ1) is 13.5. The number of aryl methyl sites for hydroxylation is 1. The molecule has 1 fully saturated rings. The van der Waals surface area contributed by atoms with Crippen molar-refractivity contribution in [1.29, 1.82) is 0 Å². The molecule has 4 heterocycles. The van der Waals surface area contributed by atoms with Gasteiger partial charge in [-0.15, -0.1) is 0 Å². The maximum absolute atomic E-state index is 11.9. The van der Waals surface area contributed by atoms with Crippen molar-refractivity contribution in [2.24, 2.45) is 7.05 Å². The molecule has 1 aliphatic rings. The highest BCUT2D eigenvalue weighted by Crippen LogP contribution is 2.26. The summed E-state index contributed by atoms with van der Waals surface area (Å²) in [7, 11) is 3.60. The van der Waals surface area contributed by atoms with Crippen molar-refractivity contribution < 1.29 is 14.3 Å². The molecule has 28 heavy (non-hydrogen) atoms. The first kappa shape index (κ1) is 18.2. The minimum absolute atomic E-state index is 0.0771. The van der Waals surface area contributed by atoms with Gasteiger partial charge < -0.3 is 14.4 Å². The Hall–Kier alpha value is -3.20. The highest BCUT2D eigenvalue weighted by atomic mass is 16.5. The molecule has 1 aliphatic heterocycles. The van der Waals surface area contributed by atoms with Gasteiger partial charge in [-0.2, -0.15) is 10.2 Å². The average Bonchev–Trinajstić information content (AvgIpc) is 3.36. The van der Waals surface area contributed by atoms with Crippen molar-refractivity contribution >= 4 is 11.4 Å². The predicted octanol–water partition coefficient (Wildman–Crippen LogP) is 1.31. The molecule has 0 N–H and O–H groups in total. The second-order valence-electron chi connectivity index (χ2n) is 6.82. The van der Waals surface area contributed by atoms with E-state index in [0.29, 0.717) is 31.2 Å². The summed E-state index contributed by atoms with van der Waals surface area (Å²) in [5.41, 5.74) is 2.36. The average molecular weight is 382 g/mol. The molecule has 0 saturated carbocycles. The molecule has 4 rings (SSSR count). The number of ether oxygens (including phenoxy) is 2. The Balaban J connectivity index is 1.59. The highest BCUT2D eigenvalue weighted by Gasteiger charge is 2.29. The van der Waals surface area contributed by atoms with Crippen molar-refractivity contribution in [1.82, 2.24) is 29.3 Å². The number of hydrogen-bond donors (Lipinski definition) is 0. The van der Waals surface area contributed by atoms with Crippen molar-refractivity contribution in [3.05, 3.63) is 43.5 Å². The number of carbonyl (C=O) groups excluding carboxylic acids is 1. The summed E-state index contributed by atoms with van der Waals surface area (Å²) in [5.74, 6) is 0.343. The molecular formula is C19H22N6O3. The number of likely N-dealkylation sites (N-methyl/N-ethyl adjacent to an activating group) is 1. The maximum Gasteiger partial charge on any atom is 0.246 e. The van der Waals surface area contributed by atoms with Gasteiger partial charge in [0.05, 0.1) is 43.5 Å². The molecule has 3 aromatic heterocycles. The lowest BCUT2D eigenvalue weighted by atomic mass is 10.1. The van der Waals surface area contributed by atoms with Gasteiger partial charge >= 0.3 is 0 Å². The third-order valence-corrected chi connectivity index (χ3v) is 4.85. The summed E-state index contributed by atoms with van der Waals surface area (Å²) in [4.78, 5) is 18.2. The zero-order valence-electron chi connectivity index (χ0n) is 15.9. The Labute approximate surface area is 162 Å². The molecule has 0 aromatic carbocycles. The molecular weight excluding hydrogens is 360 g/mol. The highest BCUT2D eigenvalue weighted by molar-refractivity contribution is 5.87. The van der Waals surface area contributed by atoms with Crippen LogP contribution in [0.4, 0.5) is 0 Å². The summed E-state index contributed by atoms with van der Waals surface area (Å²) in [6, 6.07) is 1.77. The normalized spacial score (nSPS) is 19.5. The number of rotatable bonds is 5. The summed E-state index contributed by atoms with van der Waals surface area (Å²) >= 11 is 0. The van der Waals surface area contributed by atoms with Gasteiger partial charge in [0.25, 0.3) is 0 Å². The van der Waals surface area contributed by atoms with E-state index >= 15 is 0 Å². The van der Waals surface area contributed by atoms with Crippen LogP contribution in [-0.4, -0.2) is 67.6 Å². The van der Waals surface area contributed by atoms with Crippen LogP contribution in [0.1, 0.15) is 6.42 Å². The van der Waals surface area contributed by atoms with Gasteiger partial charge in [0.15, 0.2) is 0 Å². The third-order valence-electron chi connectivity index (χ3n) is 4.85. The lowest BCUT2D eigenvalue weighted by Gasteiger charge is -2.34. The number of nitrogens with zero attached hydrogens (tertiary/aromatic N) is 6. The quantitative estimate of drug-likeness (QED) is 0.619. The van der Waals surface area contributed by atoms with Crippen LogP contribution in [-0.2, 0) is 16.6 Å². The Kier molecular flexibility index (Phi) is 4.82. The molecule has 0 bridgehead atoms. The fourth-order valence-corrected chi connectivity index (χ4v) is 3.29. The van der Waals surface area contributed by atoms with Crippen molar-refractivity contribution in [2.75, 3.05) is 20.3 Å². The van der Waals surface area contributed by atoms with Crippen molar-refractivity contribution in [2.45, 2.75) is 18.6 Å². The first-order valence-electron chi connectivity index (χ1n) is 9.02. The number of aromatic nitrogens is 5. The van der Waals surface area contributed by atoms with Crippen molar-refractivity contribution in [3.8, 4) is 17.1 Å². The molecule has 146 valence electrons. The van der Waals surface area contributed by atoms with Gasteiger partial charge in [-0.25, -0.2) is 9.50 Å². The molecule has 0 aliphatic carbocycles. The number of carbonyl (C=O) groups is 1. The van der Waals surface area contributed by atoms with E-state index in [1.54, 1.807) is 33.5 Å². The molecule has 0 unspecified atom stereocenters. The van der Waals surface area contributed by atoms with Crippen LogP contribution in [0.3, 0.4) is 0 Å². The SMILES string of the molecule is C=CC(=O)N(C)[C@H]1COC[C@H](Oc2nc(-c3cnn(C)c3)cn3nccc23)C1. The van der Waals surface area contributed by atoms with E-state index in [2.05, 4.69) is 21.8 Å². The van der Waals surface area contributed by atoms with E-state index in [9.17, 15) is 4.79 Å². The smallest absolute Gasteiger partial charge is 0.246 e. The number of fused-ring (bicyclic) bond motifs is 1. The second-order valence-corrected chi connectivity index (χ2v) is 6.82. The van der Waals surface area contributed by atoms with E-state index in [1.807, 2.05) is 25.5 Å². The number of amides is 1. The Bertz CT molecular complexity index is 1010. The van der Waals surface area contributed by atoms with E-state index in [0.717, 1.165) is 11.1 Å². The lowest BCUT2D eigenvalue weighted by Crippen LogP contribution is -2.47. The Morgan fingerprint density at radius 3 is 3.00 bits per heavy atom. The number of hydrogen-bond acceptors (Lipinski definition) is 6. The topological polar surface area (TPSA) is 86.8 Å². The van der Waals surface area contributed by atoms with E-state index in [-0.39, 0.29) is 18.1 Å². The fourth-order valence-electron chi connectivity index (χ4n) is 3.29. The van der Waals surface area contributed by atoms with E-state index in [1.165, 1.54) is 6.08 Å².